The predicted octanol–water partition coefficient (Wildman–Crippen LogP) is 5.08. The summed E-state index contributed by atoms with van der Waals surface area (Å²) in [6.07, 6.45) is 1.75. The lowest BCUT2D eigenvalue weighted by Gasteiger charge is -2.31. The Kier molecular flexibility index (Phi) is 7.00. The van der Waals surface area contributed by atoms with Crippen LogP contribution in [0.4, 0.5) is 0 Å². The third-order valence-electron chi connectivity index (χ3n) is 6.42. The summed E-state index contributed by atoms with van der Waals surface area (Å²) in [5.74, 6) is 2.49. The minimum absolute atomic E-state index is 0.0233. The van der Waals surface area contributed by atoms with E-state index in [1.807, 2.05) is 29.2 Å². The molecule has 4 rings (SSSR count). The zero-order valence-electron chi connectivity index (χ0n) is 21.3. The quantitative estimate of drug-likeness (QED) is 0.487. The molecule has 0 N–H and O–H groups in total. The second kappa shape index (κ2) is 9.98. The first kappa shape index (κ1) is 24.6. The lowest BCUT2D eigenvalue weighted by molar-refractivity contribution is 0.0695. The SMILES string of the molecule is COc1cc(-c2noc(C3CCCN(C(=O)c4ccc(C(C)(C)C)cc4)C3)n2)cc(OC)c1OC. The highest BCUT2D eigenvalue weighted by Gasteiger charge is 2.30. The van der Waals surface area contributed by atoms with Gasteiger partial charge in [-0.3, -0.25) is 4.79 Å². The number of carbonyl (C=O) groups is 1. The van der Waals surface area contributed by atoms with Crippen LogP contribution in [0.3, 0.4) is 0 Å². The van der Waals surface area contributed by atoms with Gasteiger partial charge < -0.3 is 23.6 Å². The third kappa shape index (κ3) is 5.11. The number of likely N-dealkylation sites (tertiary alicyclic amines) is 1. The second-order valence-electron chi connectivity index (χ2n) is 9.79. The fraction of sp³-hybridized carbons (Fsp3) is 0.444. The van der Waals surface area contributed by atoms with Crippen LogP contribution < -0.4 is 14.2 Å². The molecular weight excluding hydrogens is 446 g/mol. The summed E-state index contributed by atoms with van der Waals surface area (Å²) in [7, 11) is 4.68. The largest absolute Gasteiger partial charge is 0.493 e. The van der Waals surface area contributed by atoms with Crippen molar-refractivity contribution in [3.63, 3.8) is 0 Å². The maximum absolute atomic E-state index is 13.2. The first-order valence-corrected chi connectivity index (χ1v) is 11.8. The number of aromatic nitrogens is 2. The van der Waals surface area contributed by atoms with Crippen molar-refractivity contribution in [2.75, 3.05) is 34.4 Å². The van der Waals surface area contributed by atoms with Crippen LogP contribution in [0.1, 0.15) is 61.3 Å². The number of piperidine rings is 1. The summed E-state index contributed by atoms with van der Waals surface area (Å²) < 4.78 is 21.9. The molecule has 186 valence electrons. The van der Waals surface area contributed by atoms with Crippen molar-refractivity contribution in [1.29, 1.82) is 0 Å². The molecule has 1 fully saturated rings. The van der Waals surface area contributed by atoms with Gasteiger partial charge in [0.15, 0.2) is 11.5 Å². The molecule has 0 radical (unpaired) electrons. The Hall–Kier alpha value is -3.55. The number of nitrogens with zero attached hydrogens (tertiary/aromatic N) is 3. The van der Waals surface area contributed by atoms with Crippen molar-refractivity contribution < 1.29 is 23.5 Å². The summed E-state index contributed by atoms with van der Waals surface area (Å²) in [4.78, 5) is 19.7. The van der Waals surface area contributed by atoms with Gasteiger partial charge in [-0.05, 0) is 48.1 Å². The smallest absolute Gasteiger partial charge is 0.253 e. The topological polar surface area (TPSA) is 86.9 Å². The van der Waals surface area contributed by atoms with Crippen LogP contribution in [0.15, 0.2) is 40.9 Å². The normalized spacial score (nSPS) is 16.2. The van der Waals surface area contributed by atoms with Gasteiger partial charge in [-0.2, -0.15) is 4.98 Å². The number of hydrogen-bond donors (Lipinski definition) is 0. The molecule has 1 aliphatic heterocycles. The van der Waals surface area contributed by atoms with Crippen LogP contribution in [-0.4, -0.2) is 55.4 Å². The summed E-state index contributed by atoms with van der Waals surface area (Å²) >= 11 is 0. The minimum atomic E-state index is -0.0233. The van der Waals surface area contributed by atoms with Gasteiger partial charge in [0.1, 0.15) is 0 Å². The molecular formula is C27H33N3O5. The van der Waals surface area contributed by atoms with Crippen molar-refractivity contribution in [3.8, 4) is 28.6 Å². The number of hydrogen-bond acceptors (Lipinski definition) is 7. The highest BCUT2D eigenvalue weighted by Crippen LogP contribution is 2.41. The Balaban J connectivity index is 1.52. The number of carbonyl (C=O) groups excluding carboxylic acids is 1. The number of benzene rings is 2. The number of methoxy groups -OCH3 is 3. The van der Waals surface area contributed by atoms with Gasteiger partial charge in [0.2, 0.25) is 17.5 Å². The van der Waals surface area contributed by atoms with E-state index in [0.29, 0.717) is 53.2 Å². The van der Waals surface area contributed by atoms with Crippen molar-refractivity contribution >= 4 is 5.91 Å². The second-order valence-corrected chi connectivity index (χ2v) is 9.79. The average molecular weight is 480 g/mol. The average Bonchev–Trinajstić information content (AvgIpc) is 3.37. The zero-order valence-corrected chi connectivity index (χ0v) is 21.3. The molecule has 2 heterocycles. The minimum Gasteiger partial charge on any atom is -0.493 e. The van der Waals surface area contributed by atoms with Crippen LogP contribution in [0.25, 0.3) is 11.4 Å². The monoisotopic (exact) mass is 479 g/mol. The molecule has 1 atom stereocenters. The van der Waals surface area contributed by atoms with Crippen molar-refractivity contribution in [3.05, 3.63) is 53.4 Å². The molecule has 1 amide bonds. The Morgan fingerprint density at radius 2 is 1.69 bits per heavy atom. The van der Waals surface area contributed by atoms with Crippen molar-refractivity contribution in [2.45, 2.75) is 44.9 Å². The van der Waals surface area contributed by atoms with Gasteiger partial charge in [0.25, 0.3) is 5.91 Å². The standard InChI is InChI=1S/C27H33N3O5/c1-27(2,3)20-11-9-17(10-12-20)26(31)30-13-7-8-18(16-30)25-28-24(29-35-25)19-14-21(32-4)23(34-6)22(15-19)33-5/h9-12,14-15,18H,7-8,13,16H2,1-6H3. The molecule has 1 aliphatic rings. The van der Waals surface area contributed by atoms with Crippen LogP contribution >= 0.6 is 0 Å². The van der Waals surface area contributed by atoms with E-state index in [2.05, 4.69) is 30.9 Å². The molecule has 0 spiro atoms. The number of rotatable bonds is 6. The summed E-state index contributed by atoms with van der Waals surface area (Å²) in [6.45, 7) is 7.74. The van der Waals surface area contributed by atoms with E-state index in [0.717, 1.165) is 12.8 Å². The summed E-state index contributed by atoms with van der Waals surface area (Å²) in [5.41, 5.74) is 2.64. The van der Waals surface area contributed by atoms with Gasteiger partial charge in [0.05, 0.1) is 27.2 Å². The highest BCUT2D eigenvalue weighted by atomic mass is 16.5. The Morgan fingerprint density at radius 3 is 2.26 bits per heavy atom. The summed E-state index contributed by atoms with van der Waals surface area (Å²) in [6, 6.07) is 11.5. The predicted molar refractivity (Wildman–Crippen MR) is 132 cm³/mol. The maximum Gasteiger partial charge on any atom is 0.253 e. The Morgan fingerprint density at radius 1 is 1.03 bits per heavy atom. The fourth-order valence-corrected chi connectivity index (χ4v) is 4.39. The molecule has 2 aromatic carbocycles. The van der Waals surface area contributed by atoms with E-state index in [4.69, 9.17) is 18.7 Å². The first-order chi connectivity index (χ1) is 16.7. The molecule has 3 aromatic rings. The Labute approximate surface area is 206 Å². The van der Waals surface area contributed by atoms with E-state index in [1.54, 1.807) is 33.5 Å². The van der Waals surface area contributed by atoms with Crippen LogP contribution in [0, 0.1) is 0 Å². The number of amides is 1. The van der Waals surface area contributed by atoms with E-state index >= 15 is 0 Å². The molecule has 1 aromatic heterocycles. The molecule has 8 heteroatoms. The summed E-state index contributed by atoms with van der Waals surface area (Å²) in [5, 5.41) is 4.19. The van der Waals surface area contributed by atoms with Crippen LogP contribution in [0.2, 0.25) is 0 Å². The van der Waals surface area contributed by atoms with Gasteiger partial charge in [-0.25, -0.2) is 0 Å². The maximum atomic E-state index is 13.2. The molecule has 8 nitrogen and oxygen atoms in total. The zero-order chi connectivity index (χ0) is 25.2. The highest BCUT2D eigenvalue weighted by molar-refractivity contribution is 5.94. The molecule has 35 heavy (non-hydrogen) atoms. The van der Waals surface area contributed by atoms with Crippen molar-refractivity contribution in [2.24, 2.45) is 0 Å². The number of ether oxygens (including phenoxy) is 3. The van der Waals surface area contributed by atoms with Gasteiger partial charge in [0, 0.05) is 24.2 Å². The third-order valence-corrected chi connectivity index (χ3v) is 6.42. The lowest BCUT2D eigenvalue weighted by Crippen LogP contribution is -2.39. The lowest BCUT2D eigenvalue weighted by atomic mass is 9.86. The molecule has 1 unspecified atom stereocenters. The van der Waals surface area contributed by atoms with Crippen LogP contribution in [-0.2, 0) is 5.41 Å². The molecule has 0 saturated carbocycles. The Bertz CT molecular complexity index is 1160. The van der Waals surface area contributed by atoms with E-state index < -0.39 is 0 Å². The van der Waals surface area contributed by atoms with E-state index in [1.165, 1.54) is 5.56 Å². The fourth-order valence-electron chi connectivity index (χ4n) is 4.39. The molecule has 0 bridgehead atoms. The van der Waals surface area contributed by atoms with Crippen LogP contribution in [0.5, 0.6) is 17.2 Å². The van der Waals surface area contributed by atoms with Gasteiger partial charge in [-0.15, -0.1) is 0 Å². The van der Waals surface area contributed by atoms with Gasteiger partial charge >= 0.3 is 0 Å². The van der Waals surface area contributed by atoms with Crippen molar-refractivity contribution in [1.82, 2.24) is 15.0 Å². The van der Waals surface area contributed by atoms with E-state index in [9.17, 15) is 4.79 Å². The molecule has 0 aliphatic carbocycles. The van der Waals surface area contributed by atoms with Gasteiger partial charge in [-0.1, -0.05) is 38.1 Å². The molecule has 1 saturated heterocycles. The first-order valence-electron chi connectivity index (χ1n) is 11.8. The van der Waals surface area contributed by atoms with E-state index in [-0.39, 0.29) is 17.2 Å².